The molecular weight excluding hydrogens is 525 g/mol. The second-order valence-electron chi connectivity index (χ2n) is 10.5. The highest BCUT2D eigenvalue weighted by atomic mass is 19.4. The fourth-order valence-corrected chi connectivity index (χ4v) is 5.91. The standard InChI is InChI=1S/C31H29F3O6/c32-31(33,34)26-11-9-24-25(30(26)18-3-5-20(6-4-18)38-17-22-2-1-13-37-22)10-12-27(24)40-21-7-8-23-19(14-29(35)36)16-39-28(23)15-21/h3-9,11,15,19,22,27H,1-2,10,12-14,16-17H2,(H,35,36)/t19-,22+,27-/m1/s1. The maximum absolute atomic E-state index is 14.1. The number of benzene rings is 3. The molecule has 40 heavy (non-hydrogen) atoms. The number of rotatable bonds is 8. The average Bonchev–Trinajstić information content (AvgIpc) is 3.68. The maximum Gasteiger partial charge on any atom is 0.417 e. The van der Waals surface area contributed by atoms with Crippen LogP contribution in [0.2, 0.25) is 0 Å². The van der Waals surface area contributed by atoms with Gasteiger partial charge in [0.15, 0.2) is 0 Å². The van der Waals surface area contributed by atoms with Crippen molar-refractivity contribution < 1.29 is 42.0 Å². The zero-order valence-electron chi connectivity index (χ0n) is 21.7. The maximum atomic E-state index is 14.1. The summed E-state index contributed by atoms with van der Waals surface area (Å²) < 4.78 is 65.7. The predicted molar refractivity (Wildman–Crippen MR) is 140 cm³/mol. The molecule has 0 bridgehead atoms. The van der Waals surface area contributed by atoms with E-state index < -0.39 is 23.8 Å². The first-order valence-corrected chi connectivity index (χ1v) is 13.5. The molecule has 3 aromatic carbocycles. The van der Waals surface area contributed by atoms with Gasteiger partial charge in [-0.3, -0.25) is 4.79 Å². The number of ether oxygens (including phenoxy) is 4. The van der Waals surface area contributed by atoms with Gasteiger partial charge in [-0.2, -0.15) is 13.2 Å². The minimum Gasteiger partial charge on any atom is -0.492 e. The van der Waals surface area contributed by atoms with Crippen LogP contribution in [0.3, 0.4) is 0 Å². The smallest absolute Gasteiger partial charge is 0.417 e. The van der Waals surface area contributed by atoms with Crippen LogP contribution in [0.5, 0.6) is 17.2 Å². The first kappa shape index (κ1) is 26.5. The Hall–Kier alpha value is -3.72. The summed E-state index contributed by atoms with van der Waals surface area (Å²) in [4.78, 5) is 11.1. The lowest BCUT2D eigenvalue weighted by atomic mass is 9.91. The van der Waals surface area contributed by atoms with Crippen molar-refractivity contribution in [2.75, 3.05) is 19.8 Å². The van der Waals surface area contributed by atoms with Crippen molar-refractivity contribution in [3.8, 4) is 28.4 Å². The summed E-state index contributed by atoms with van der Waals surface area (Å²) in [6, 6.07) is 14.7. The average molecular weight is 555 g/mol. The van der Waals surface area contributed by atoms with E-state index in [1.54, 1.807) is 36.4 Å². The van der Waals surface area contributed by atoms with Crippen LogP contribution in [0.15, 0.2) is 54.6 Å². The number of aliphatic carboxylic acids is 1. The van der Waals surface area contributed by atoms with E-state index in [2.05, 4.69) is 0 Å². The molecule has 3 atom stereocenters. The van der Waals surface area contributed by atoms with Gasteiger partial charge in [-0.25, -0.2) is 0 Å². The molecule has 0 unspecified atom stereocenters. The fraction of sp³-hybridized carbons (Fsp3) is 0.387. The van der Waals surface area contributed by atoms with Crippen molar-refractivity contribution >= 4 is 5.97 Å². The zero-order chi connectivity index (χ0) is 27.9. The number of carbonyl (C=O) groups is 1. The molecule has 9 heteroatoms. The number of carboxylic acids is 1. The molecular formula is C31H29F3O6. The van der Waals surface area contributed by atoms with E-state index in [0.717, 1.165) is 36.6 Å². The molecule has 0 aromatic heterocycles. The van der Waals surface area contributed by atoms with Gasteiger partial charge in [-0.15, -0.1) is 0 Å². The van der Waals surface area contributed by atoms with Crippen LogP contribution >= 0.6 is 0 Å². The van der Waals surface area contributed by atoms with E-state index in [1.807, 2.05) is 6.07 Å². The van der Waals surface area contributed by atoms with Crippen LogP contribution in [-0.2, 0) is 22.1 Å². The second-order valence-corrected chi connectivity index (χ2v) is 10.5. The summed E-state index contributed by atoms with van der Waals surface area (Å²) in [6.07, 6.45) is -1.98. The van der Waals surface area contributed by atoms with Gasteiger partial charge in [0.2, 0.25) is 0 Å². The number of halogens is 3. The molecule has 3 aromatic rings. The van der Waals surface area contributed by atoms with E-state index in [9.17, 15) is 18.0 Å². The zero-order valence-corrected chi connectivity index (χ0v) is 21.7. The fourth-order valence-electron chi connectivity index (χ4n) is 5.91. The lowest BCUT2D eigenvalue weighted by Crippen LogP contribution is -2.16. The Morgan fingerprint density at radius 1 is 1.00 bits per heavy atom. The van der Waals surface area contributed by atoms with Gasteiger partial charge >= 0.3 is 12.1 Å². The first-order valence-electron chi connectivity index (χ1n) is 13.5. The largest absolute Gasteiger partial charge is 0.492 e. The SMILES string of the molecule is O=C(O)C[C@@H]1COc2cc(O[C@@H]3CCc4c3ccc(C(F)(F)F)c4-c3ccc(OC[C@@H]4CCCO4)cc3)ccc21. The van der Waals surface area contributed by atoms with Crippen molar-refractivity contribution in [2.45, 2.75) is 56.4 Å². The summed E-state index contributed by atoms with van der Waals surface area (Å²) in [5, 5.41) is 9.13. The molecule has 1 aliphatic carbocycles. The molecule has 6 nitrogen and oxygen atoms in total. The van der Waals surface area contributed by atoms with E-state index in [4.69, 9.17) is 24.1 Å². The Morgan fingerprint density at radius 2 is 1.77 bits per heavy atom. The highest BCUT2D eigenvalue weighted by Gasteiger charge is 2.38. The van der Waals surface area contributed by atoms with Crippen molar-refractivity contribution in [3.63, 3.8) is 0 Å². The molecule has 0 radical (unpaired) electrons. The van der Waals surface area contributed by atoms with Crippen LogP contribution in [0, 0.1) is 0 Å². The Bertz CT molecular complexity index is 1400. The Kier molecular flexibility index (Phi) is 7.08. The van der Waals surface area contributed by atoms with Crippen LogP contribution in [-0.4, -0.2) is 37.0 Å². The van der Waals surface area contributed by atoms with Gasteiger partial charge in [0.05, 0.1) is 24.7 Å². The van der Waals surface area contributed by atoms with Gasteiger partial charge in [-0.1, -0.05) is 24.3 Å². The van der Waals surface area contributed by atoms with Crippen molar-refractivity contribution in [2.24, 2.45) is 0 Å². The molecule has 2 aliphatic heterocycles. The van der Waals surface area contributed by atoms with Gasteiger partial charge in [0.25, 0.3) is 0 Å². The summed E-state index contributed by atoms with van der Waals surface area (Å²) in [7, 11) is 0. The number of hydrogen-bond donors (Lipinski definition) is 1. The Labute approximate surface area is 229 Å². The van der Waals surface area contributed by atoms with Crippen LogP contribution in [0.25, 0.3) is 11.1 Å². The topological polar surface area (TPSA) is 74.2 Å². The number of fused-ring (bicyclic) bond motifs is 2. The molecule has 0 spiro atoms. The highest BCUT2D eigenvalue weighted by molar-refractivity contribution is 5.75. The van der Waals surface area contributed by atoms with Crippen LogP contribution in [0.4, 0.5) is 13.2 Å². The molecule has 210 valence electrons. The minimum absolute atomic E-state index is 0.0183. The third kappa shape index (κ3) is 5.35. The van der Waals surface area contributed by atoms with Gasteiger partial charge in [-0.05, 0) is 72.2 Å². The molecule has 2 heterocycles. The van der Waals surface area contributed by atoms with Crippen molar-refractivity contribution in [3.05, 3.63) is 76.9 Å². The summed E-state index contributed by atoms with van der Waals surface area (Å²) >= 11 is 0. The second kappa shape index (κ2) is 10.7. The monoisotopic (exact) mass is 554 g/mol. The minimum atomic E-state index is -4.51. The van der Waals surface area contributed by atoms with E-state index in [1.165, 1.54) is 6.07 Å². The van der Waals surface area contributed by atoms with Gasteiger partial charge in [0.1, 0.15) is 30.0 Å². The Morgan fingerprint density at radius 3 is 2.50 bits per heavy atom. The number of carboxylic acid groups (broad SMARTS) is 1. The van der Waals surface area contributed by atoms with Crippen molar-refractivity contribution in [1.82, 2.24) is 0 Å². The quantitative estimate of drug-likeness (QED) is 0.325. The summed E-state index contributed by atoms with van der Waals surface area (Å²) in [5.41, 5.74) is 2.16. The molecule has 1 saturated heterocycles. The molecule has 6 rings (SSSR count). The van der Waals surface area contributed by atoms with Gasteiger partial charge in [0, 0.05) is 24.2 Å². The first-order chi connectivity index (χ1) is 19.3. The normalized spacial score (nSPS) is 21.5. The molecule has 1 fully saturated rings. The summed E-state index contributed by atoms with van der Waals surface area (Å²) in [6.45, 7) is 1.44. The third-order valence-corrected chi connectivity index (χ3v) is 7.83. The van der Waals surface area contributed by atoms with Crippen molar-refractivity contribution in [1.29, 1.82) is 0 Å². The predicted octanol–water partition coefficient (Wildman–Crippen LogP) is 6.95. The van der Waals surface area contributed by atoms with E-state index in [-0.39, 0.29) is 24.0 Å². The molecule has 3 aliphatic rings. The van der Waals surface area contributed by atoms with Gasteiger partial charge < -0.3 is 24.1 Å². The Balaban J connectivity index is 1.25. The lowest BCUT2D eigenvalue weighted by molar-refractivity contribution is -0.138. The molecule has 1 N–H and O–H groups in total. The summed E-state index contributed by atoms with van der Waals surface area (Å²) in [5.74, 6) is 0.591. The highest BCUT2D eigenvalue weighted by Crippen LogP contribution is 2.47. The number of alkyl halides is 3. The van der Waals surface area contributed by atoms with Crippen LogP contribution in [0.1, 0.15) is 60.0 Å². The molecule has 0 amide bonds. The van der Waals surface area contributed by atoms with Crippen LogP contribution < -0.4 is 14.2 Å². The van der Waals surface area contributed by atoms with E-state index in [0.29, 0.717) is 54.4 Å². The molecule has 0 saturated carbocycles. The third-order valence-electron chi connectivity index (χ3n) is 7.83. The number of hydrogen-bond acceptors (Lipinski definition) is 5. The lowest BCUT2D eigenvalue weighted by Gasteiger charge is -2.20. The van der Waals surface area contributed by atoms with E-state index >= 15 is 0 Å².